The summed E-state index contributed by atoms with van der Waals surface area (Å²) < 4.78 is 11.3. The number of aliphatic hydroxyl groups is 2. The lowest BCUT2D eigenvalue weighted by Crippen LogP contribution is -2.30. The third kappa shape index (κ3) is 5.98. The lowest BCUT2D eigenvalue weighted by molar-refractivity contribution is -0.152. The van der Waals surface area contributed by atoms with Crippen LogP contribution in [-0.2, 0) is 27.2 Å². The number of benzene rings is 1. The minimum Gasteiger partial charge on any atom is -0.482 e. The average Bonchev–Trinajstić information content (AvgIpc) is 3.05. The summed E-state index contributed by atoms with van der Waals surface area (Å²) in [7, 11) is 0. The summed E-state index contributed by atoms with van der Waals surface area (Å²) in [6.45, 7) is 1.45. The van der Waals surface area contributed by atoms with E-state index in [1.165, 1.54) is 0 Å². The Morgan fingerprint density at radius 1 is 1.23 bits per heavy atom. The number of hydrogen-bond donors (Lipinski definition) is 3. The van der Waals surface area contributed by atoms with Crippen LogP contribution in [0.25, 0.3) is 0 Å². The highest BCUT2D eigenvalue weighted by Gasteiger charge is 2.47. The molecule has 0 heterocycles. The van der Waals surface area contributed by atoms with Gasteiger partial charge in [0, 0.05) is 0 Å². The van der Waals surface area contributed by atoms with E-state index >= 15 is 0 Å². The largest absolute Gasteiger partial charge is 0.482 e. The maximum Gasteiger partial charge on any atom is 0.341 e. The maximum atomic E-state index is 12.1. The summed E-state index contributed by atoms with van der Waals surface area (Å²) in [5.74, 6) is 0.0390. The third-order valence-corrected chi connectivity index (χ3v) is 6.73. The van der Waals surface area contributed by atoms with E-state index in [1.807, 2.05) is 12.1 Å². The van der Waals surface area contributed by atoms with Gasteiger partial charge in [-0.05, 0) is 73.5 Å². The maximum absolute atomic E-state index is 12.1. The lowest BCUT2D eigenvalue weighted by atomic mass is 9.73. The third-order valence-electron chi connectivity index (χ3n) is 6.73. The number of carbonyl (C=O) groups excluding carboxylic acids is 1. The first kappa shape index (κ1) is 23.5. The Balaban J connectivity index is 1.77. The van der Waals surface area contributed by atoms with Crippen molar-refractivity contribution in [3.8, 4) is 5.75 Å². The Labute approximate surface area is 183 Å². The van der Waals surface area contributed by atoms with Gasteiger partial charge in [0.25, 0.3) is 0 Å². The summed E-state index contributed by atoms with van der Waals surface area (Å²) >= 11 is 0. The zero-order valence-electron chi connectivity index (χ0n) is 18.2. The fourth-order valence-electron chi connectivity index (χ4n) is 5.37. The van der Waals surface area contributed by atoms with Crippen LogP contribution in [0.15, 0.2) is 18.2 Å². The molecular formula is C24H34O7. The van der Waals surface area contributed by atoms with Gasteiger partial charge in [-0.1, -0.05) is 25.5 Å². The van der Waals surface area contributed by atoms with E-state index in [9.17, 15) is 14.7 Å². The molecule has 5 atom stereocenters. The summed E-state index contributed by atoms with van der Waals surface area (Å²) in [4.78, 5) is 23.0. The summed E-state index contributed by atoms with van der Waals surface area (Å²) in [6, 6.07) is 5.77. The number of ether oxygens (including phenoxy) is 2. The van der Waals surface area contributed by atoms with Crippen molar-refractivity contribution in [2.45, 2.75) is 70.5 Å². The Kier molecular flexibility index (Phi) is 8.32. The standard InChI is InChI=1S/C24H34O7/c1-2-4-17(26)7-8-18-19-11-15-5-3-6-21(30-14-23(27)28)20(15)12-16(19)13-22(18)31-24(29)9-10-25/h3,5-6,16-19,22,25-26H,2,4,7-14H2,1H3,(H,27,28)/t16-,17-,18+,19-,22+/m0/s1. The molecule has 0 saturated heterocycles. The summed E-state index contributed by atoms with van der Waals surface area (Å²) in [5.41, 5.74) is 2.21. The molecule has 1 aromatic carbocycles. The fourth-order valence-corrected chi connectivity index (χ4v) is 5.37. The number of esters is 1. The number of aliphatic hydroxyl groups excluding tert-OH is 2. The van der Waals surface area contributed by atoms with Gasteiger partial charge in [0.15, 0.2) is 6.61 Å². The Morgan fingerprint density at radius 3 is 2.74 bits per heavy atom. The Morgan fingerprint density at radius 2 is 2.03 bits per heavy atom. The second-order valence-electron chi connectivity index (χ2n) is 8.83. The Hall–Kier alpha value is -2.12. The molecular weight excluding hydrogens is 400 g/mol. The van der Waals surface area contributed by atoms with Crippen molar-refractivity contribution in [1.82, 2.24) is 0 Å². The first-order valence-corrected chi connectivity index (χ1v) is 11.4. The highest BCUT2D eigenvalue weighted by atomic mass is 16.5. The van der Waals surface area contributed by atoms with E-state index in [1.54, 1.807) is 0 Å². The van der Waals surface area contributed by atoms with E-state index in [0.717, 1.165) is 49.7 Å². The van der Waals surface area contributed by atoms with Crippen LogP contribution in [-0.4, -0.2) is 52.7 Å². The van der Waals surface area contributed by atoms with Gasteiger partial charge in [-0.25, -0.2) is 4.79 Å². The molecule has 0 aromatic heterocycles. The second-order valence-corrected chi connectivity index (χ2v) is 8.83. The van der Waals surface area contributed by atoms with E-state index in [4.69, 9.17) is 19.7 Å². The SMILES string of the molecule is CCC[C@H](O)CC[C@@H]1[C@H]2Cc3cccc(OCC(=O)O)c3C[C@H]2C[C@H]1OC(=O)CCO. The Bertz CT molecular complexity index is 762. The minimum absolute atomic E-state index is 0.00951. The molecule has 0 bridgehead atoms. The van der Waals surface area contributed by atoms with E-state index in [0.29, 0.717) is 24.0 Å². The van der Waals surface area contributed by atoms with Crippen LogP contribution in [0.5, 0.6) is 5.75 Å². The zero-order valence-corrected chi connectivity index (χ0v) is 18.2. The highest BCUT2D eigenvalue weighted by Crippen LogP contribution is 2.49. The van der Waals surface area contributed by atoms with E-state index < -0.39 is 5.97 Å². The molecule has 1 aromatic rings. The van der Waals surface area contributed by atoms with E-state index in [2.05, 4.69) is 13.0 Å². The van der Waals surface area contributed by atoms with Gasteiger partial charge in [0.1, 0.15) is 11.9 Å². The molecule has 0 unspecified atom stereocenters. The zero-order chi connectivity index (χ0) is 22.4. The molecule has 1 fully saturated rings. The number of hydrogen-bond acceptors (Lipinski definition) is 6. The van der Waals surface area contributed by atoms with Crippen LogP contribution in [0.1, 0.15) is 56.6 Å². The quantitative estimate of drug-likeness (QED) is 0.459. The average molecular weight is 435 g/mol. The van der Waals surface area contributed by atoms with Crippen molar-refractivity contribution in [3.63, 3.8) is 0 Å². The topological polar surface area (TPSA) is 113 Å². The van der Waals surface area contributed by atoms with Gasteiger partial charge >= 0.3 is 11.9 Å². The number of carboxylic acid groups (broad SMARTS) is 1. The number of rotatable bonds is 11. The molecule has 31 heavy (non-hydrogen) atoms. The molecule has 2 aliphatic carbocycles. The van der Waals surface area contributed by atoms with Crippen LogP contribution in [0.4, 0.5) is 0 Å². The molecule has 1 saturated carbocycles. The van der Waals surface area contributed by atoms with Gasteiger partial charge in [-0.15, -0.1) is 0 Å². The van der Waals surface area contributed by atoms with E-state index in [-0.39, 0.29) is 43.7 Å². The first-order chi connectivity index (χ1) is 14.9. The smallest absolute Gasteiger partial charge is 0.341 e. The van der Waals surface area contributed by atoms with Gasteiger partial charge in [-0.3, -0.25) is 4.79 Å². The van der Waals surface area contributed by atoms with Gasteiger partial charge in [0.2, 0.25) is 0 Å². The van der Waals surface area contributed by atoms with Crippen molar-refractivity contribution in [2.24, 2.45) is 17.8 Å². The van der Waals surface area contributed by atoms with Gasteiger partial charge < -0.3 is 24.8 Å². The molecule has 172 valence electrons. The fraction of sp³-hybridized carbons (Fsp3) is 0.667. The number of carbonyl (C=O) groups is 2. The number of carboxylic acids is 1. The molecule has 3 N–H and O–H groups in total. The molecule has 7 nitrogen and oxygen atoms in total. The normalized spacial score (nSPS) is 25.4. The minimum atomic E-state index is -1.01. The first-order valence-electron chi connectivity index (χ1n) is 11.4. The van der Waals surface area contributed by atoms with Crippen molar-refractivity contribution < 1.29 is 34.4 Å². The summed E-state index contributed by atoms with van der Waals surface area (Å²) in [6.07, 6.45) is 4.93. The molecule has 3 rings (SSSR count). The predicted octanol–water partition coefficient (Wildman–Crippen LogP) is 2.74. The van der Waals surface area contributed by atoms with Crippen LogP contribution in [0.3, 0.4) is 0 Å². The number of fused-ring (bicyclic) bond motifs is 2. The van der Waals surface area contributed by atoms with Crippen LogP contribution < -0.4 is 4.74 Å². The second kappa shape index (κ2) is 11.0. The summed E-state index contributed by atoms with van der Waals surface area (Å²) in [5, 5.41) is 28.3. The monoisotopic (exact) mass is 434 g/mol. The van der Waals surface area contributed by atoms with Crippen LogP contribution in [0.2, 0.25) is 0 Å². The van der Waals surface area contributed by atoms with Crippen LogP contribution >= 0.6 is 0 Å². The highest BCUT2D eigenvalue weighted by molar-refractivity contribution is 5.69. The van der Waals surface area contributed by atoms with Crippen molar-refractivity contribution >= 4 is 11.9 Å². The van der Waals surface area contributed by atoms with Gasteiger partial charge in [-0.2, -0.15) is 0 Å². The van der Waals surface area contributed by atoms with Gasteiger partial charge in [0.05, 0.1) is 19.1 Å². The number of aliphatic carboxylic acids is 1. The molecule has 0 aliphatic heterocycles. The molecule has 0 radical (unpaired) electrons. The molecule has 2 aliphatic rings. The molecule has 0 amide bonds. The van der Waals surface area contributed by atoms with Crippen molar-refractivity contribution in [2.75, 3.05) is 13.2 Å². The predicted molar refractivity (Wildman–Crippen MR) is 114 cm³/mol. The van der Waals surface area contributed by atoms with Crippen LogP contribution in [0, 0.1) is 17.8 Å². The molecule has 7 heteroatoms. The van der Waals surface area contributed by atoms with Crippen molar-refractivity contribution in [1.29, 1.82) is 0 Å². The lowest BCUT2D eigenvalue weighted by Gasteiger charge is -2.32. The van der Waals surface area contributed by atoms with Crippen molar-refractivity contribution in [3.05, 3.63) is 29.3 Å². The molecule has 0 spiro atoms.